The van der Waals surface area contributed by atoms with E-state index in [0.29, 0.717) is 6.61 Å². The van der Waals surface area contributed by atoms with Gasteiger partial charge in [-0.05, 0) is 32.4 Å². The molecule has 0 aromatic carbocycles. The van der Waals surface area contributed by atoms with Gasteiger partial charge in [0.2, 0.25) is 0 Å². The molecule has 82 valence electrons. The summed E-state index contributed by atoms with van der Waals surface area (Å²) in [6.07, 6.45) is 6.13. The summed E-state index contributed by atoms with van der Waals surface area (Å²) in [6, 6.07) is 0. The lowest BCUT2D eigenvalue weighted by molar-refractivity contribution is 0.295. The normalized spacial score (nSPS) is 9.23. The Kier molecular flexibility index (Phi) is 21.2. The molecule has 0 unspecified atom stereocenters. The zero-order valence-electron chi connectivity index (χ0n) is 9.60. The molecule has 0 rings (SSSR count). The maximum absolute atomic E-state index is 7.88. The summed E-state index contributed by atoms with van der Waals surface area (Å²) in [4.78, 5) is 0. The van der Waals surface area contributed by atoms with Gasteiger partial charge in [0.25, 0.3) is 0 Å². The molecule has 0 aliphatic heterocycles. The summed E-state index contributed by atoms with van der Waals surface area (Å²) in [7, 11) is 0. The summed E-state index contributed by atoms with van der Waals surface area (Å²) < 4.78 is 0. The molecule has 0 saturated carbocycles. The van der Waals surface area contributed by atoms with Gasteiger partial charge in [-0.15, -0.1) is 0 Å². The van der Waals surface area contributed by atoms with E-state index in [2.05, 4.69) is 19.2 Å². The lowest BCUT2D eigenvalue weighted by Crippen LogP contribution is -2.15. The van der Waals surface area contributed by atoms with Gasteiger partial charge in [0.15, 0.2) is 0 Å². The van der Waals surface area contributed by atoms with Crippen molar-refractivity contribution in [1.29, 1.82) is 0 Å². The quantitative estimate of drug-likeness (QED) is 0.603. The van der Waals surface area contributed by atoms with Crippen molar-refractivity contribution in [1.82, 2.24) is 5.32 Å². The number of hydrogen-bond acceptors (Lipinski definition) is 2. The molecular formula is C11H27NO. The summed E-state index contributed by atoms with van der Waals surface area (Å²) in [6.45, 7) is 9.11. The van der Waals surface area contributed by atoms with Crippen molar-refractivity contribution in [2.75, 3.05) is 19.7 Å². The van der Waals surface area contributed by atoms with Crippen LogP contribution in [0.25, 0.3) is 0 Å². The molecule has 0 heterocycles. The first-order valence-electron chi connectivity index (χ1n) is 5.64. The number of aliphatic hydroxyl groups is 1. The molecule has 0 radical (unpaired) electrons. The number of hydrogen-bond donors (Lipinski definition) is 2. The van der Waals surface area contributed by atoms with Crippen molar-refractivity contribution in [3.63, 3.8) is 0 Å². The molecule has 2 heteroatoms. The van der Waals surface area contributed by atoms with E-state index < -0.39 is 0 Å². The first kappa shape index (κ1) is 15.4. The molecule has 0 atom stereocenters. The van der Waals surface area contributed by atoms with Gasteiger partial charge in [-0.25, -0.2) is 0 Å². The first-order chi connectivity index (χ1) is 6.33. The van der Waals surface area contributed by atoms with Crippen LogP contribution in [-0.4, -0.2) is 24.8 Å². The van der Waals surface area contributed by atoms with Crippen LogP contribution in [-0.2, 0) is 0 Å². The SMILES string of the molecule is CCCCNCCCC.CCCO. The third-order valence-electron chi connectivity index (χ3n) is 1.64. The van der Waals surface area contributed by atoms with Crippen LogP contribution in [0, 0.1) is 0 Å². The van der Waals surface area contributed by atoms with E-state index in [1.165, 1.54) is 38.8 Å². The van der Waals surface area contributed by atoms with Crippen molar-refractivity contribution in [2.45, 2.75) is 52.9 Å². The minimum Gasteiger partial charge on any atom is -0.396 e. The topological polar surface area (TPSA) is 32.3 Å². The van der Waals surface area contributed by atoms with Crippen LogP contribution in [0.5, 0.6) is 0 Å². The number of unbranched alkanes of at least 4 members (excludes halogenated alkanes) is 2. The lowest BCUT2D eigenvalue weighted by atomic mass is 10.3. The maximum Gasteiger partial charge on any atom is 0.0428 e. The predicted octanol–water partition coefficient (Wildman–Crippen LogP) is 2.56. The highest BCUT2D eigenvalue weighted by atomic mass is 16.2. The fraction of sp³-hybridized carbons (Fsp3) is 1.00. The van der Waals surface area contributed by atoms with Gasteiger partial charge >= 0.3 is 0 Å². The average Bonchev–Trinajstić information content (AvgIpc) is 2.18. The minimum atomic E-state index is 0.319. The molecule has 0 aromatic rings. The molecule has 0 aliphatic carbocycles. The van der Waals surface area contributed by atoms with Crippen LogP contribution in [0.15, 0.2) is 0 Å². The van der Waals surface area contributed by atoms with Crippen LogP contribution >= 0.6 is 0 Å². The Morgan fingerprint density at radius 1 is 0.846 bits per heavy atom. The van der Waals surface area contributed by atoms with E-state index in [1.54, 1.807) is 0 Å². The molecule has 0 amide bonds. The zero-order chi connectivity index (χ0) is 10.4. The Bertz CT molecular complexity index is 59.1. The van der Waals surface area contributed by atoms with Crippen LogP contribution in [0.3, 0.4) is 0 Å². The third kappa shape index (κ3) is 24.5. The third-order valence-corrected chi connectivity index (χ3v) is 1.64. The molecule has 2 N–H and O–H groups in total. The number of rotatable bonds is 7. The van der Waals surface area contributed by atoms with Crippen molar-refractivity contribution < 1.29 is 5.11 Å². The van der Waals surface area contributed by atoms with E-state index in [1.807, 2.05) is 6.92 Å². The summed E-state index contributed by atoms with van der Waals surface area (Å²) in [5.74, 6) is 0. The molecule has 0 spiro atoms. The van der Waals surface area contributed by atoms with Crippen molar-refractivity contribution in [3.8, 4) is 0 Å². The van der Waals surface area contributed by atoms with E-state index in [4.69, 9.17) is 5.11 Å². The highest BCUT2D eigenvalue weighted by molar-refractivity contribution is 4.45. The second-order valence-electron chi connectivity index (χ2n) is 3.18. The molecule has 0 aliphatic rings. The molecule has 0 aromatic heterocycles. The monoisotopic (exact) mass is 189 g/mol. The first-order valence-corrected chi connectivity index (χ1v) is 5.64. The second-order valence-corrected chi connectivity index (χ2v) is 3.18. The Labute approximate surface area is 83.7 Å². The predicted molar refractivity (Wildman–Crippen MR) is 60.1 cm³/mol. The minimum absolute atomic E-state index is 0.319. The van der Waals surface area contributed by atoms with Gasteiger partial charge in [0.05, 0.1) is 0 Å². The smallest absolute Gasteiger partial charge is 0.0428 e. The van der Waals surface area contributed by atoms with Crippen molar-refractivity contribution >= 4 is 0 Å². The van der Waals surface area contributed by atoms with E-state index in [-0.39, 0.29) is 0 Å². The maximum atomic E-state index is 7.88. The van der Waals surface area contributed by atoms with Gasteiger partial charge in [0, 0.05) is 6.61 Å². The van der Waals surface area contributed by atoms with Gasteiger partial charge in [-0.1, -0.05) is 33.6 Å². The van der Waals surface area contributed by atoms with E-state index in [0.717, 1.165) is 6.42 Å². The lowest BCUT2D eigenvalue weighted by Gasteiger charge is -1.99. The number of nitrogens with one attached hydrogen (secondary N) is 1. The van der Waals surface area contributed by atoms with Crippen molar-refractivity contribution in [3.05, 3.63) is 0 Å². The summed E-state index contributed by atoms with van der Waals surface area (Å²) >= 11 is 0. The zero-order valence-corrected chi connectivity index (χ0v) is 9.60. The van der Waals surface area contributed by atoms with Crippen LogP contribution < -0.4 is 5.32 Å². The fourth-order valence-corrected chi connectivity index (χ4v) is 0.729. The molecular weight excluding hydrogens is 162 g/mol. The van der Waals surface area contributed by atoms with Gasteiger partial charge in [-0.2, -0.15) is 0 Å². The van der Waals surface area contributed by atoms with Gasteiger partial charge < -0.3 is 10.4 Å². The van der Waals surface area contributed by atoms with Crippen molar-refractivity contribution in [2.24, 2.45) is 0 Å². The highest BCUT2D eigenvalue weighted by Crippen LogP contribution is 1.85. The molecule has 13 heavy (non-hydrogen) atoms. The molecule has 0 bridgehead atoms. The van der Waals surface area contributed by atoms with Gasteiger partial charge in [-0.3, -0.25) is 0 Å². The standard InChI is InChI=1S/C8H19N.C3H8O/c1-3-5-7-9-8-6-4-2;1-2-3-4/h9H,3-8H2,1-2H3;4H,2-3H2,1H3. The Balaban J connectivity index is 0. The average molecular weight is 189 g/mol. The van der Waals surface area contributed by atoms with E-state index >= 15 is 0 Å². The largest absolute Gasteiger partial charge is 0.396 e. The molecule has 2 nitrogen and oxygen atoms in total. The Morgan fingerprint density at radius 2 is 1.23 bits per heavy atom. The Hall–Kier alpha value is -0.0800. The van der Waals surface area contributed by atoms with Crippen LogP contribution in [0.1, 0.15) is 52.9 Å². The van der Waals surface area contributed by atoms with Crippen LogP contribution in [0.4, 0.5) is 0 Å². The highest BCUT2D eigenvalue weighted by Gasteiger charge is 1.83. The van der Waals surface area contributed by atoms with E-state index in [9.17, 15) is 0 Å². The van der Waals surface area contributed by atoms with Gasteiger partial charge in [0.1, 0.15) is 0 Å². The molecule has 0 fully saturated rings. The molecule has 0 saturated heterocycles. The Morgan fingerprint density at radius 3 is 1.46 bits per heavy atom. The summed E-state index contributed by atoms with van der Waals surface area (Å²) in [5.41, 5.74) is 0. The fourth-order valence-electron chi connectivity index (χ4n) is 0.729. The summed E-state index contributed by atoms with van der Waals surface area (Å²) in [5, 5.41) is 11.3. The number of aliphatic hydroxyl groups excluding tert-OH is 1. The van der Waals surface area contributed by atoms with Crippen LogP contribution in [0.2, 0.25) is 0 Å². The second kappa shape index (κ2) is 17.9.